The SMILES string of the molecule is CCNC(=NCc1cccc(NC(=O)C2CCCC2)c1)NCC1CCCO1. The summed E-state index contributed by atoms with van der Waals surface area (Å²) in [6.45, 7) is 5.08. The van der Waals surface area contributed by atoms with Crippen LogP contribution in [0.2, 0.25) is 0 Å². The summed E-state index contributed by atoms with van der Waals surface area (Å²) in [7, 11) is 0. The van der Waals surface area contributed by atoms with E-state index in [0.29, 0.717) is 6.54 Å². The van der Waals surface area contributed by atoms with Gasteiger partial charge in [-0.05, 0) is 50.3 Å². The molecule has 1 amide bonds. The Kier molecular flexibility index (Phi) is 7.51. The molecule has 1 unspecified atom stereocenters. The van der Waals surface area contributed by atoms with E-state index in [-0.39, 0.29) is 17.9 Å². The first-order chi connectivity index (χ1) is 13.2. The molecule has 3 N–H and O–H groups in total. The predicted molar refractivity (Wildman–Crippen MR) is 109 cm³/mol. The molecule has 6 heteroatoms. The van der Waals surface area contributed by atoms with Crippen LogP contribution in [0, 0.1) is 5.92 Å². The number of nitrogens with one attached hydrogen (secondary N) is 3. The lowest BCUT2D eigenvalue weighted by molar-refractivity contribution is -0.119. The molecule has 1 atom stereocenters. The van der Waals surface area contributed by atoms with Gasteiger partial charge >= 0.3 is 0 Å². The smallest absolute Gasteiger partial charge is 0.227 e. The fourth-order valence-electron chi connectivity index (χ4n) is 3.71. The summed E-state index contributed by atoms with van der Waals surface area (Å²) < 4.78 is 5.65. The van der Waals surface area contributed by atoms with Crippen molar-refractivity contribution in [2.45, 2.75) is 58.1 Å². The van der Waals surface area contributed by atoms with Crippen molar-refractivity contribution >= 4 is 17.6 Å². The Labute approximate surface area is 162 Å². The number of hydrogen-bond donors (Lipinski definition) is 3. The van der Waals surface area contributed by atoms with Gasteiger partial charge in [0.05, 0.1) is 12.6 Å². The highest BCUT2D eigenvalue weighted by Crippen LogP contribution is 2.26. The molecule has 1 heterocycles. The molecule has 0 aromatic heterocycles. The van der Waals surface area contributed by atoms with E-state index in [0.717, 1.165) is 62.6 Å². The summed E-state index contributed by atoms with van der Waals surface area (Å²) in [5.74, 6) is 1.13. The van der Waals surface area contributed by atoms with Gasteiger partial charge in [0.2, 0.25) is 5.91 Å². The minimum absolute atomic E-state index is 0.153. The van der Waals surface area contributed by atoms with Crippen molar-refractivity contribution in [3.05, 3.63) is 29.8 Å². The van der Waals surface area contributed by atoms with E-state index in [1.54, 1.807) is 0 Å². The number of guanidine groups is 1. The number of rotatable bonds is 7. The van der Waals surface area contributed by atoms with Gasteiger partial charge < -0.3 is 20.7 Å². The largest absolute Gasteiger partial charge is 0.376 e. The lowest BCUT2D eigenvalue weighted by Crippen LogP contribution is -2.41. The van der Waals surface area contributed by atoms with Crippen molar-refractivity contribution < 1.29 is 9.53 Å². The molecular formula is C21H32N4O2. The second-order valence-corrected chi connectivity index (χ2v) is 7.38. The van der Waals surface area contributed by atoms with Gasteiger partial charge in [0, 0.05) is 31.3 Å². The minimum Gasteiger partial charge on any atom is -0.376 e. The molecule has 1 aliphatic carbocycles. The zero-order valence-electron chi connectivity index (χ0n) is 16.3. The highest BCUT2D eigenvalue weighted by Gasteiger charge is 2.22. The molecule has 1 saturated heterocycles. The fourth-order valence-corrected chi connectivity index (χ4v) is 3.71. The quantitative estimate of drug-likeness (QED) is 0.508. The third kappa shape index (κ3) is 6.24. The molecule has 0 bridgehead atoms. The molecule has 3 rings (SSSR count). The molecule has 1 aliphatic heterocycles. The van der Waals surface area contributed by atoms with Gasteiger partial charge in [-0.1, -0.05) is 25.0 Å². The van der Waals surface area contributed by atoms with Crippen molar-refractivity contribution in [1.82, 2.24) is 10.6 Å². The standard InChI is InChI=1S/C21H32N4O2/c1-2-22-21(24-15-19-11-6-12-27-19)23-14-16-7-5-10-18(13-16)25-20(26)17-8-3-4-9-17/h5,7,10,13,17,19H,2-4,6,8-9,11-12,14-15H2,1H3,(H,25,26)(H2,22,23,24). The number of aliphatic imine (C=N–C) groups is 1. The predicted octanol–water partition coefficient (Wildman–Crippen LogP) is 3.05. The monoisotopic (exact) mass is 372 g/mol. The van der Waals surface area contributed by atoms with Crippen LogP contribution < -0.4 is 16.0 Å². The fraction of sp³-hybridized carbons (Fsp3) is 0.619. The first-order valence-corrected chi connectivity index (χ1v) is 10.3. The average molecular weight is 373 g/mol. The topological polar surface area (TPSA) is 74.8 Å². The van der Waals surface area contributed by atoms with Crippen LogP contribution >= 0.6 is 0 Å². The van der Waals surface area contributed by atoms with E-state index in [1.165, 1.54) is 12.8 Å². The highest BCUT2D eigenvalue weighted by molar-refractivity contribution is 5.92. The highest BCUT2D eigenvalue weighted by atomic mass is 16.5. The van der Waals surface area contributed by atoms with Gasteiger partial charge in [0.25, 0.3) is 0 Å². The third-order valence-electron chi connectivity index (χ3n) is 5.21. The first-order valence-electron chi connectivity index (χ1n) is 10.3. The van der Waals surface area contributed by atoms with Gasteiger partial charge in [-0.25, -0.2) is 4.99 Å². The summed E-state index contributed by atoms with van der Waals surface area (Å²) >= 11 is 0. The Hall–Kier alpha value is -2.08. The first kappa shape index (κ1) is 19.7. The van der Waals surface area contributed by atoms with Crippen LogP contribution in [-0.2, 0) is 16.1 Å². The van der Waals surface area contributed by atoms with Gasteiger partial charge in [0.1, 0.15) is 0 Å². The molecule has 2 aliphatic rings. The second-order valence-electron chi connectivity index (χ2n) is 7.38. The molecule has 6 nitrogen and oxygen atoms in total. The Morgan fingerprint density at radius 1 is 1.19 bits per heavy atom. The number of carbonyl (C=O) groups is 1. The summed E-state index contributed by atoms with van der Waals surface area (Å²) in [4.78, 5) is 17.0. The summed E-state index contributed by atoms with van der Waals surface area (Å²) in [6.07, 6.45) is 6.88. The number of benzene rings is 1. The molecule has 0 spiro atoms. The van der Waals surface area contributed by atoms with Gasteiger partial charge in [-0.2, -0.15) is 0 Å². The van der Waals surface area contributed by atoms with Gasteiger partial charge in [-0.15, -0.1) is 0 Å². The Morgan fingerprint density at radius 3 is 2.78 bits per heavy atom. The normalized spacial score (nSPS) is 20.6. The number of hydrogen-bond acceptors (Lipinski definition) is 3. The summed E-state index contributed by atoms with van der Waals surface area (Å²) in [5.41, 5.74) is 1.94. The second kappa shape index (κ2) is 10.3. The number of nitrogens with zero attached hydrogens (tertiary/aromatic N) is 1. The van der Waals surface area contributed by atoms with Crippen LogP contribution in [0.4, 0.5) is 5.69 Å². The van der Waals surface area contributed by atoms with Crippen LogP contribution in [0.3, 0.4) is 0 Å². The summed E-state index contributed by atoms with van der Waals surface area (Å²) in [5, 5.41) is 9.70. The van der Waals surface area contributed by atoms with E-state index in [1.807, 2.05) is 24.3 Å². The third-order valence-corrected chi connectivity index (χ3v) is 5.21. The van der Waals surface area contributed by atoms with Crippen LogP contribution in [0.1, 0.15) is 51.0 Å². The van der Waals surface area contributed by atoms with Crippen LogP contribution in [0.5, 0.6) is 0 Å². The molecule has 0 radical (unpaired) electrons. The van der Waals surface area contributed by atoms with E-state index in [4.69, 9.17) is 4.74 Å². The molecule has 1 aromatic rings. The number of anilines is 1. The summed E-state index contributed by atoms with van der Waals surface area (Å²) in [6, 6.07) is 7.97. The van der Waals surface area contributed by atoms with E-state index in [2.05, 4.69) is 27.9 Å². The van der Waals surface area contributed by atoms with E-state index < -0.39 is 0 Å². The van der Waals surface area contributed by atoms with Crippen molar-refractivity contribution in [3.8, 4) is 0 Å². The van der Waals surface area contributed by atoms with Crippen LogP contribution in [0.25, 0.3) is 0 Å². The molecule has 1 saturated carbocycles. The maximum Gasteiger partial charge on any atom is 0.227 e. The van der Waals surface area contributed by atoms with Crippen molar-refractivity contribution in [2.24, 2.45) is 10.9 Å². The van der Waals surface area contributed by atoms with E-state index >= 15 is 0 Å². The van der Waals surface area contributed by atoms with Gasteiger partial charge in [0.15, 0.2) is 5.96 Å². The van der Waals surface area contributed by atoms with Crippen molar-refractivity contribution in [1.29, 1.82) is 0 Å². The minimum atomic E-state index is 0.153. The van der Waals surface area contributed by atoms with Crippen LogP contribution in [0.15, 0.2) is 29.3 Å². The molecule has 2 fully saturated rings. The van der Waals surface area contributed by atoms with Crippen molar-refractivity contribution in [2.75, 3.05) is 25.0 Å². The Bertz CT molecular complexity index is 635. The van der Waals surface area contributed by atoms with Crippen LogP contribution in [-0.4, -0.2) is 37.7 Å². The Morgan fingerprint density at radius 2 is 2.04 bits per heavy atom. The molecular weight excluding hydrogens is 340 g/mol. The zero-order valence-corrected chi connectivity index (χ0v) is 16.3. The van der Waals surface area contributed by atoms with Crippen molar-refractivity contribution in [3.63, 3.8) is 0 Å². The Balaban J connectivity index is 1.54. The molecule has 1 aromatic carbocycles. The molecule has 148 valence electrons. The lowest BCUT2D eigenvalue weighted by Gasteiger charge is -2.15. The molecule has 27 heavy (non-hydrogen) atoms. The zero-order chi connectivity index (χ0) is 18.9. The number of carbonyl (C=O) groups excluding carboxylic acids is 1. The lowest BCUT2D eigenvalue weighted by atomic mass is 10.1. The van der Waals surface area contributed by atoms with E-state index in [9.17, 15) is 4.79 Å². The maximum absolute atomic E-state index is 12.3. The average Bonchev–Trinajstić information content (AvgIpc) is 3.38. The maximum atomic E-state index is 12.3. The van der Waals surface area contributed by atoms with Gasteiger partial charge in [-0.3, -0.25) is 4.79 Å². The number of amides is 1. The number of ether oxygens (including phenoxy) is 1.